The molecule has 0 unspecified atom stereocenters. The fourth-order valence-corrected chi connectivity index (χ4v) is 5.59. The van der Waals surface area contributed by atoms with Gasteiger partial charge in [0.1, 0.15) is 10.7 Å². The molecule has 1 fully saturated rings. The quantitative estimate of drug-likeness (QED) is 0.229. The van der Waals surface area contributed by atoms with Crippen LogP contribution in [0.2, 0.25) is 5.02 Å². The fraction of sp³-hybridized carbons (Fsp3) is 0.208. The molecule has 2 aromatic carbocycles. The van der Waals surface area contributed by atoms with Crippen LogP contribution in [0.3, 0.4) is 0 Å². The van der Waals surface area contributed by atoms with Gasteiger partial charge in [-0.2, -0.15) is 13.2 Å². The Morgan fingerprint density at radius 2 is 1.86 bits per heavy atom. The number of hydrogen-bond donors (Lipinski definition) is 0. The average molecular weight is 538 g/mol. The molecule has 184 valence electrons. The van der Waals surface area contributed by atoms with Gasteiger partial charge >= 0.3 is 6.18 Å². The Bertz CT molecular complexity index is 1740. The molecule has 1 aliphatic carbocycles. The predicted octanol–water partition coefficient (Wildman–Crippen LogP) is 7.14. The van der Waals surface area contributed by atoms with Gasteiger partial charge in [-0.05, 0) is 48.6 Å². The summed E-state index contributed by atoms with van der Waals surface area (Å²) in [5.41, 5.74) is -1.14. The van der Waals surface area contributed by atoms with E-state index in [9.17, 15) is 26.7 Å². The van der Waals surface area contributed by atoms with Crippen LogP contribution in [0.25, 0.3) is 31.7 Å². The zero-order valence-corrected chi connectivity index (χ0v) is 19.6. The average Bonchev–Trinajstić information content (AvgIpc) is 3.42. The molecule has 1 saturated carbocycles. The normalized spacial score (nSPS) is 14.3. The first-order chi connectivity index (χ1) is 17.1. The van der Waals surface area contributed by atoms with Crippen molar-refractivity contribution in [3.63, 3.8) is 0 Å². The van der Waals surface area contributed by atoms with E-state index in [0.717, 1.165) is 29.5 Å². The van der Waals surface area contributed by atoms with Crippen LogP contribution in [0.1, 0.15) is 35.8 Å². The molecule has 5 aromatic rings. The second-order valence-electron chi connectivity index (χ2n) is 8.55. The minimum Gasteiger partial charge on any atom is -0.359 e. The number of nitrogens with zero attached hydrogens (tertiary/aromatic N) is 3. The Morgan fingerprint density at radius 1 is 1.11 bits per heavy atom. The lowest BCUT2D eigenvalue weighted by Crippen LogP contribution is -2.24. The Hall–Kier alpha value is -3.31. The first kappa shape index (κ1) is 23.1. The van der Waals surface area contributed by atoms with Gasteiger partial charge in [-0.1, -0.05) is 22.8 Å². The molecule has 0 radical (unpaired) electrons. The number of fused-ring (bicyclic) bond motifs is 3. The maximum absolute atomic E-state index is 14.4. The van der Waals surface area contributed by atoms with Gasteiger partial charge in [0.05, 0.1) is 11.9 Å². The monoisotopic (exact) mass is 537 g/mol. The van der Waals surface area contributed by atoms with E-state index in [4.69, 9.17) is 16.1 Å². The summed E-state index contributed by atoms with van der Waals surface area (Å²) in [6.07, 6.45) is -3.23. The van der Waals surface area contributed by atoms with Crippen molar-refractivity contribution in [3.8, 4) is 11.4 Å². The molecule has 3 aromatic heterocycles. The fourth-order valence-electron chi connectivity index (χ4n) is 4.25. The van der Waals surface area contributed by atoms with Crippen molar-refractivity contribution in [2.45, 2.75) is 31.5 Å². The number of benzene rings is 2. The molecule has 0 atom stereocenters. The van der Waals surface area contributed by atoms with Crippen molar-refractivity contribution in [3.05, 3.63) is 80.4 Å². The summed E-state index contributed by atoms with van der Waals surface area (Å²) >= 11 is 7.30. The standard InChI is InChI=1S/C24H13ClF5N3O2S/c25-11-3-4-13-18(5-11)36-22-20(13)23(34)33(9-12-6-19(32-35-12)24(28,29)30)21(31-22)15-8-17(27)16(26)7-14(15)10-1-2-10/h3-8,10H,1-2,9H2. The minimum atomic E-state index is -4.74. The van der Waals surface area contributed by atoms with Crippen LogP contribution in [0.5, 0.6) is 0 Å². The topological polar surface area (TPSA) is 60.9 Å². The summed E-state index contributed by atoms with van der Waals surface area (Å²) < 4.78 is 74.4. The van der Waals surface area contributed by atoms with Crippen molar-refractivity contribution in [1.29, 1.82) is 0 Å². The highest BCUT2D eigenvalue weighted by Crippen LogP contribution is 2.45. The van der Waals surface area contributed by atoms with Crippen molar-refractivity contribution in [1.82, 2.24) is 14.7 Å². The number of hydrogen-bond acceptors (Lipinski definition) is 5. The van der Waals surface area contributed by atoms with Gasteiger partial charge in [0.25, 0.3) is 5.56 Å². The number of thiophene rings is 1. The third-order valence-electron chi connectivity index (χ3n) is 6.07. The van der Waals surface area contributed by atoms with E-state index in [1.165, 1.54) is 11.3 Å². The Balaban J connectivity index is 1.64. The largest absolute Gasteiger partial charge is 0.436 e. The zero-order valence-electron chi connectivity index (χ0n) is 18.0. The Kier molecular flexibility index (Phi) is 5.20. The zero-order chi connectivity index (χ0) is 25.4. The second-order valence-corrected chi connectivity index (χ2v) is 10.0. The van der Waals surface area contributed by atoms with Crippen molar-refractivity contribution in [2.24, 2.45) is 0 Å². The van der Waals surface area contributed by atoms with E-state index in [2.05, 4.69) is 10.1 Å². The van der Waals surface area contributed by atoms with Crippen LogP contribution >= 0.6 is 22.9 Å². The summed E-state index contributed by atoms with van der Waals surface area (Å²) in [6, 6.07) is 7.70. The second kappa shape index (κ2) is 8.10. The summed E-state index contributed by atoms with van der Waals surface area (Å²) in [5, 5.41) is 4.31. The van der Waals surface area contributed by atoms with Crippen molar-refractivity contribution in [2.75, 3.05) is 0 Å². The van der Waals surface area contributed by atoms with Crippen LogP contribution < -0.4 is 5.56 Å². The van der Waals surface area contributed by atoms with E-state index in [0.29, 0.717) is 31.6 Å². The molecular formula is C24H13ClF5N3O2S. The third-order valence-corrected chi connectivity index (χ3v) is 7.35. The summed E-state index contributed by atoms with van der Waals surface area (Å²) in [7, 11) is 0. The molecule has 5 nitrogen and oxygen atoms in total. The maximum atomic E-state index is 14.4. The van der Waals surface area contributed by atoms with Gasteiger partial charge in [-0.15, -0.1) is 11.3 Å². The smallest absolute Gasteiger partial charge is 0.359 e. The molecule has 0 spiro atoms. The lowest BCUT2D eigenvalue weighted by molar-refractivity contribution is -0.142. The van der Waals surface area contributed by atoms with Crippen LogP contribution in [0.15, 0.2) is 45.7 Å². The first-order valence-corrected chi connectivity index (χ1v) is 11.9. The molecule has 0 aliphatic heterocycles. The van der Waals surface area contributed by atoms with Crippen molar-refractivity contribution >= 4 is 43.2 Å². The number of halogens is 6. The Labute approximate surface area is 207 Å². The molecular weight excluding hydrogens is 525 g/mol. The number of alkyl halides is 3. The molecule has 3 heterocycles. The van der Waals surface area contributed by atoms with Crippen LogP contribution in [-0.4, -0.2) is 14.7 Å². The molecule has 0 N–H and O–H groups in total. The van der Waals surface area contributed by atoms with Gasteiger partial charge in [0.15, 0.2) is 23.1 Å². The maximum Gasteiger partial charge on any atom is 0.436 e. The van der Waals surface area contributed by atoms with Gasteiger partial charge < -0.3 is 4.52 Å². The highest BCUT2D eigenvalue weighted by Gasteiger charge is 2.35. The van der Waals surface area contributed by atoms with Crippen LogP contribution in [0, 0.1) is 11.6 Å². The van der Waals surface area contributed by atoms with Crippen LogP contribution in [-0.2, 0) is 12.7 Å². The molecule has 0 amide bonds. The van der Waals surface area contributed by atoms with E-state index in [1.54, 1.807) is 18.2 Å². The molecule has 0 bridgehead atoms. The van der Waals surface area contributed by atoms with Gasteiger partial charge in [0, 0.05) is 26.7 Å². The van der Waals surface area contributed by atoms with Gasteiger partial charge in [-0.3, -0.25) is 9.36 Å². The molecule has 1 aliphatic rings. The van der Waals surface area contributed by atoms with Crippen LogP contribution in [0.4, 0.5) is 22.0 Å². The SMILES string of the molecule is O=c1c2c(nc(-c3cc(F)c(F)cc3C3CC3)n1Cc1cc(C(F)(F)F)no1)sc1cc(Cl)ccc12. The van der Waals surface area contributed by atoms with Gasteiger partial charge in [0.2, 0.25) is 0 Å². The minimum absolute atomic E-state index is 0.00379. The van der Waals surface area contributed by atoms with E-state index >= 15 is 0 Å². The molecule has 6 rings (SSSR count). The Morgan fingerprint density at radius 3 is 2.56 bits per heavy atom. The molecule has 0 saturated heterocycles. The summed E-state index contributed by atoms with van der Waals surface area (Å²) in [4.78, 5) is 18.8. The predicted molar refractivity (Wildman–Crippen MR) is 124 cm³/mol. The van der Waals surface area contributed by atoms with Gasteiger partial charge in [-0.25, -0.2) is 13.8 Å². The third kappa shape index (κ3) is 3.86. The van der Waals surface area contributed by atoms with E-state index in [-0.39, 0.29) is 28.5 Å². The van der Waals surface area contributed by atoms with Crippen molar-refractivity contribution < 1.29 is 26.5 Å². The summed E-state index contributed by atoms with van der Waals surface area (Å²) in [5.74, 6) is -2.45. The lowest BCUT2D eigenvalue weighted by atomic mass is 10.0. The first-order valence-electron chi connectivity index (χ1n) is 10.7. The number of aromatic nitrogens is 3. The number of rotatable bonds is 4. The molecule has 12 heteroatoms. The highest BCUT2D eigenvalue weighted by atomic mass is 35.5. The molecule has 36 heavy (non-hydrogen) atoms. The highest BCUT2D eigenvalue weighted by molar-refractivity contribution is 7.25. The lowest BCUT2D eigenvalue weighted by Gasteiger charge is -2.15. The summed E-state index contributed by atoms with van der Waals surface area (Å²) in [6.45, 7) is -0.450. The van der Waals surface area contributed by atoms with E-state index < -0.39 is 35.6 Å². The van der Waals surface area contributed by atoms with E-state index in [1.807, 2.05) is 0 Å².